The molecule has 0 saturated heterocycles. The van der Waals surface area contributed by atoms with Gasteiger partial charge in [0.2, 0.25) is 0 Å². The number of halogens is 3. The molecule has 0 fully saturated rings. The normalized spacial score (nSPS) is 11.0. The van der Waals surface area contributed by atoms with Crippen molar-refractivity contribution in [1.82, 2.24) is 0 Å². The van der Waals surface area contributed by atoms with Gasteiger partial charge in [-0.3, -0.25) is 0 Å². The van der Waals surface area contributed by atoms with Gasteiger partial charge in [-0.1, -0.05) is 22.0 Å². The van der Waals surface area contributed by atoms with Gasteiger partial charge in [-0.2, -0.15) is 0 Å². The molecule has 0 bridgehead atoms. The number of rotatable bonds is 1. The van der Waals surface area contributed by atoms with Crippen LogP contribution in [0.1, 0.15) is 5.56 Å². The average Bonchev–Trinajstić information content (AvgIpc) is 2.43. The molecule has 13 heavy (non-hydrogen) atoms. The molecule has 1 heterocycles. The zero-order valence-electron chi connectivity index (χ0n) is 6.48. The Kier molecular flexibility index (Phi) is 3.53. The van der Waals surface area contributed by atoms with Crippen molar-refractivity contribution < 1.29 is 0 Å². The van der Waals surface area contributed by atoms with E-state index in [-0.39, 0.29) is 0 Å². The SMILES string of the molecule is BrCc1ccc2sc(I)c(I)c2c1. The molecule has 1 aromatic carbocycles. The van der Waals surface area contributed by atoms with Crippen molar-refractivity contribution in [2.75, 3.05) is 0 Å². The summed E-state index contributed by atoms with van der Waals surface area (Å²) in [6, 6.07) is 6.66. The fourth-order valence-electron chi connectivity index (χ4n) is 1.17. The van der Waals surface area contributed by atoms with Crippen LogP contribution in [0.4, 0.5) is 0 Å². The first-order chi connectivity index (χ1) is 6.22. The molecule has 0 unspecified atom stereocenters. The van der Waals surface area contributed by atoms with Crippen LogP contribution in [0, 0.1) is 6.45 Å². The fourth-order valence-corrected chi connectivity index (χ4v) is 4.28. The molecular formula is C9H5BrI2S. The molecule has 0 aliphatic carbocycles. The second-order valence-corrected chi connectivity index (χ2v) is 7.16. The van der Waals surface area contributed by atoms with E-state index in [0.29, 0.717) is 0 Å². The van der Waals surface area contributed by atoms with Gasteiger partial charge in [-0.15, -0.1) is 11.3 Å². The van der Waals surface area contributed by atoms with Gasteiger partial charge in [-0.25, -0.2) is 0 Å². The molecule has 0 saturated carbocycles. The maximum atomic E-state index is 3.47. The predicted octanol–water partition coefficient (Wildman–Crippen LogP) is 5.01. The Morgan fingerprint density at radius 2 is 2.08 bits per heavy atom. The molecule has 0 amide bonds. The lowest BCUT2D eigenvalue weighted by atomic mass is 10.2. The van der Waals surface area contributed by atoms with Gasteiger partial charge < -0.3 is 0 Å². The molecule has 0 atom stereocenters. The average molecular weight is 479 g/mol. The number of thiophene rings is 1. The summed E-state index contributed by atoms with van der Waals surface area (Å²) in [6.07, 6.45) is 0. The Balaban J connectivity index is 2.75. The standard InChI is InChI=1S/C9H5BrI2S/c10-4-5-1-2-7-6(3-5)8(11)9(12)13-7/h1-3H,4H2. The quantitative estimate of drug-likeness (QED) is 0.399. The van der Waals surface area contributed by atoms with E-state index in [4.69, 9.17) is 0 Å². The molecule has 0 aliphatic rings. The number of hydrogen-bond donors (Lipinski definition) is 0. The van der Waals surface area contributed by atoms with Crippen molar-refractivity contribution in [2.45, 2.75) is 5.33 Å². The molecule has 2 aromatic rings. The van der Waals surface area contributed by atoms with Crippen LogP contribution in [0.2, 0.25) is 0 Å². The van der Waals surface area contributed by atoms with Crippen molar-refractivity contribution in [2.24, 2.45) is 0 Å². The van der Waals surface area contributed by atoms with Crippen molar-refractivity contribution in [3.8, 4) is 0 Å². The Hall–Kier alpha value is 1.12. The minimum atomic E-state index is 0.936. The summed E-state index contributed by atoms with van der Waals surface area (Å²) in [5.41, 5.74) is 1.35. The molecular weight excluding hydrogens is 474 g/mol. The molecule has 0 aliphatic heterocycles. The maximum Gasteiger partial charge on any atom is 0.0799 e. The van der Waals surface area contributed by atoms with Gasteiger partial charge in [0.15, 0.2) is 0 Å². The van der Waals surface area contributed by atoms with E-state index in [1.807, 2.05) is 11.3 Å². The van der Waals surface area contributed by atoms with Crippen LogP contribution in [-0.2, 0) is 5.33 Å². The van der Waals surface area contributed by atoms with E-state index in [1.54, 1.807) is 0 Å². The molecule has 0 nitrogen and oxygen atoms in total. The highest BCUT2D eigenvalue weighted by atomic mass is 127. The molecule has 1 aromatic heterocycles. The van der Waals surface area contributed by atoms with Gasteiger partial charge in [0.05, 0.1) is 2.88 Å². The molecule has 68 valence electrons. The zero-order chi connectivity index (χ0) is 9.42. The van der Waals surface area contributed by atoms with Crippen LogP contribution >= 0.6 is 72.4 Å². The van der Waals surface area contributed by atoms with Crippen molar-refractivity contribution in [3.63, 3.8) is 0 Å². The van der Waals surface area contributed by atoms with E-state index in [2.05, 4.69) is 79.3 Å². The van der Waals surface area contributed by atoms with E-state index in [1.165, 1.54) is 22.1 Å². The summed E-state index contributed by atoms with van der Waals surface area (Å²) in [4.78, 5) is 0. The summed E-state index contributed by atoms with van der Waals surface area (Å²) in [5.74, 6) is 0. The summed E-state index contributed by atoms with van der Waals surface area (Å²) < 4.78 is 4.17. The van der Waals surface area contributed by atoms with Crippen molar-refractivity contribution >= 4 is 82.5 Å². The largest absolute Gasteiger partial charge is 0.128 e. The first-order valence-corrected chi connectivity index (χ1v) is 7.74. The highest BCUT2D eigenvalue weighted by Gasteiger charge is 2.07. The monoisotopic (exact) mass is 478 g/mol. The minimum absolute atomic E-state index is 0.936. The third-order valence-electron chi connectivity index (χ3n) is 1.81. The second kappa shape index (κ2) is 4.32. The topological polar surface area (TPSA) is 0 Å². The number of hydrogen-bond acceptors (Lipinski definition) is 1. The van der Waals surface area contributed by atoms with Gasteiger partial charge in [0, 0.05) is 19.0 Å². The Morgan fingerprint density at radius 3 is 2.77 bits per heavy atom. The van der Waals surface area contributed by atoms with Crippen LogP contribution in [0.3, 0.4) is 0 Å². The summed E-state index contributed by atoms with van der Waals surface area (Å²) in [7, 11) is 0. The van der Waals surface area contributed by atoms with Crippen LogP contribution in [0.5, 0.6) is 0 Å². The van der Waals surface area contributed by atoms with E-state index >= 15 is 0 Å². The van der Waals surface area contributed by atoms with Crippen LogP contribution in [-0.4, -0.2) is 0 Å². The zero-order valence-corrected chi connectivity index (χ0v) is 13.2. The van der Waals surface area contributed by atoms with Crippen LogP contribution in [0.25, 0.3) is 10.1 Å². The molecule has 0 N–H and O–H groups in total. The number of fused-ring (bicyclic) bond motifs is 1. The van der Waals surface area contributed by atoms with Crippen molar-refractivity contribution in [3.05, 3.63) is 30.2 Å². The second-order valence-electron chi connectivity index (χ2n) is 2.65. The molecule has 0 radical (unpaired) electrons. The summed E-state index contributed by atoms with van der Waals surface area (Å²) in [6.45, 7) is 0. The van der Waals surface area contributed by atoms with E-state index < -0.39 is 0 Å². The van der Waals surface area contributed by atoms with E-state index in [9.17, 15) is 0 Å². The predicted molar refractivity (Wildman–Crippen MR) is 79.9 cm³/mol. The Morgan fingerprint density at radius 1 is 1.31 bits per heavy atom. The lowest BCUT2D eigenvalue weighted by Crippen LogP contribution is -1.76. The Labute approximate surface area is 117 Å². The summed E-state index contributed by atoms with van der Waals surface area (Å²) in [5, 5.41) is 2.33. The molecule has 0 spiro atoms. The first kappa shape index (κ1) is 10.6. The minimum Gasteiger partial charge on any atom is -0.128 e. The first-order valence-electron chi connectivity index (χ1n) is 3.65. The van der Waals surface area contributed by atoms with E-state index in [0.717, 1.165) is 5.33 Å². The van der Waals surface area contributed by atoms with Gasteiger partial charge in [-0.05, 0) is 62.9 Å². The highest BCUT2D eigenvalue weighted by Crippen LogP contribution is 2.34. The number of alkyl halides is 1. The smallest absolute Gasteiger partial charge is 0.0799 e. The summed E-state index contributed by atoms with van der Waals surface area (Å²) >= 11 is 10.2. The lowest BCUT2D eigenvalue weighted by molar-refractivity contribution is 1.47. The van der Waals surface area contributed by atoms with Gasteiger partial charge >= 0.3 is 0 Å². The third-order valence-corrected chi connectivity index (χ3v) is 7.13. The van der Waals surface area contributed by atoms with Gasteiger partial charge in [0.1, 0.15) is 0 Å². The highest BCUT2D eigenvalue weighted by molar-refractivity contribution is 14.1. The van der Waals surface area contributed by atoms with Gasteiger partial charge in [0.25, 0.3) is 0 Å². The third kappa shape index (κ3) is 2.05. The lowest BCUT2D eigenvalue weighted by Gasteiger charge is -1.95. The van der Waals surface area contributed by atoms with Crippen LogP contribution < -0.4 is 0 Å². The molecule has 2 rings (SSSR count). The molecule has 4 heteroatoms. The van der Waals surface area contributed by atoms with Crippen LogP contribution in [0.15, 0.2) is 18.2 Å². The fraction of sp³-hybridized carbons (Fsp3) is 0.111. The maximum absolute atomic E-state index is 3.47. The van der Waals surface area contributed by atoms with Crippen molar-refractivity contribution in [1.29, 1.82) is 0 Å². The Bertz CT molecular complexity index is 450. The number of benzene rings is 1.